The first kappa shape index (κ1) is 15.3. The lowest BCUT2D eigenvalue weighted by molar-refractivity contribution is 0.414. The minimum absolute atomic E-state index is 0.811. The second kappa shape index (κ2) is 7.09. The van der Waals surface area contributed by atoms with Gasteiger partial charge in [0.05, 0.1) is 7.11 Å². The molecule has 0 radical (unpaired) electrons. The highest BCUT2D eigenvalue weighted by Gasteiger charge is 2.09. The topological polar surface area (TPSA) is 37.4 Å². The molecule has 0 bridgehead atoms. The molecule has 0 aliphatic heterocycles. The molecule has 2 aromatic rings. The maximum absolute atomic E-state index is 5.29. The molecule has 0 fully saturated rings. The monoisotopic (exact) mass is 285 g/mol. The number of benzene rings is 1. The number of hydrogen-bond acceptors (Lipinski definition) is 4. The lowest BCUT2D eigenvalue weighted by atomic mass is 10.1. The van der Waals surface area contributed by atoms with Gasteiger partial charge in [0.15, 0.2) is 0 Å². The van der Waals surface area contributed by atoms with Crippen molar-refractivity contribution in [2.24, 2.45) is 0 Å². The average Bonchev–Trinajstić information content (AvgIpc) is 2.49. The summed E-state index contributed by atoms with van der Waals surface area (Å²) in [4.78, 5) is 6.63. The van der Waals surface area contributed by atoms with Gasteiger partial charge in [-0.1, -0.05) is 12.1 Å². The summed E-state index contributed by atoms with van der Waals surface area (Å²) in [7, 11) is 5.75. The second-order valence-electron chi connectivity index (χ2n) is 5.19. The number of aryl methyl sites for hydroxylation is 1. The molecular weight excluding hydrogens is 262 g/mol. The summed E-state index contributed by atoms with van der Waals surface area (Å²) in [6, 6.07) is 10.3. The molecule has 4 heteroatoms. The Balaban J connectivity index is 2.22. The molecule has 0 atom stereocenters. The van der Waals surface area contributed by atoms with Crippen LogP contribution in [-0.2, 0) is 13.1 Å². The Kier molecular flexibility index (Phi) is 5.17. The van der Waals surface area contributed by atoms with Crippen LogP contribution in [0.2, 0.25) is 0 Å². The van der Waals surface area contributed by atoms with Gasteiger partial charge in [0.2, 0.25) is 0 Å². The molecule has 1 N–H and O–H groups in total. The van der Waals surface area contributed by atoms with Crippen molar-refractivity contribution in [3.63, 3.8) is 0 Å². The van der Waals surface area contributed by atoms with Gasteiger partial charge in [-0.2, -0.15) is 0 Å². The summed E-state index contributed by atoms with van der Waals surface area (Å²) in [5.74, 6) is 0.891. The fourth-order valence-electron chi connectivity index (χ4n) is 2.39. The molecule has 0 saturated heterocycles. The molecule has 0 aliphatic carbocycles. The molecular formula is C17H23N3O. The quantitative estimate of drug-likeness (QED) is 0.885. The van der Waals surface area contributed by atoms with Crippen LogP contribution >= 0.6 is 0 Å². The number of nitrogens with zero attached hydrogens (tertiary/aromatic N) is 2. The van der Waals surface area contributed by atoms with E-state index in [9.17, 15) is 0 Å². The molecule has 21 heavy (non-hydrogen) atoms. The van der Waals surface area contributed by atoms with Crippen molar-refractivity contribution in [2.45, 2.75) is 20.0 Å². The third-order valence-electron chi connectivity index (χ3n) is 3.43. The van der Waals surface area contributed by atoms with E-state index in [4.69, 9.17) is 4.74 Å². The summed E-state index contributed by atoms with van der Waals surface area (Å²) in [5, 5.41) is 3.19. The fourth-order valence-corrected chi connectivity index (χ4v) is 2.39. The number of anilines is 1. The van der Waals surface area contributed by atoms with Crippen LogP contribution in [0.5, 0.6) is 5.75 Å². The Morgan fingerprint density at radius 3 is 2.81 bits per heavy atom. The molecule has 4 nitrogen and oxygen atoms in total. The van der Waals surface area contributed by atoms with E-state index in [0.29, 0.717) is 0 Å². The zero-order valence-corrected chi connectivity index (χ0v) is 13.2. The molecule has 2 rings (SSSR count). The predicted octanol–water partition coefficient (Wildman–Crippen LogP) is 2.75. The molecule has 1 aromatic carbocycles. The van der Waals surface area contributed by atoms with Crippen molar-refractivity contribution in [3.05, 3.63) is 53.3 Å². The van der Waals surface area contributed by atoms with Gasteiger partial charge in [0.1, 0.15) is 5.75 Å². The lowest BCUT2D eigenvalue weighted by Crippen LogP contribution is -2.20. The van der Waals surface area contributed by atoms with E-state index in [2.05, 4.69) is 40.4 Å². The van der Waals surface area contributed by atoms with E-state index >= 15 is 0 Å². The number of ether oxygens (including phenoxy) is 1. The van der Waals surface area contributed by atoms with Crippen LogP contribution in [0.3, 0.4) is 0 Å². The van der Waals surface area contributed by atoms with Crippen LogP contribution < -0.4 is 15.0 Å². The van der Waals surface area contributed by atoms with Gasteiger partial charge >= 0.3 is 0 Å². The van der Waals surface area contributed by atoms with E-state index in [1.165, 1.54) is 16.8 Å². The number of aromatic nitrogens is 1. The van der Waals surface area contributed by atoms with Crippen LogP contribution in [0.15, 0.2) is 36.5 Å². The predicted molar refractivity (Wildman–Crippen MR) is 86.8 cm³/mol. The zero-order chi connectivity index (χ0) is 15.2. The number of hydrogen-bond donors (Lipinski definition) is 1. The Labute approximate surface area is 126 Å². The Morgan fingerprint density at radius 1 is 1.29 bits per heavy atom. The maximum atomic E-state index is 5.29. The van der Waals surface area contributed by atoms with Crippen molar-refractivity contribution in [3.8, 4) is 5.75 Å². The van der Waals surface area contributed by atoms with Crippen molar-refractivity contribution >= 4 is 5.69 Å². The van der Waals surface area contributed by atoms with Gasteiger partial charge in [-0.25, -0.2) is 0 Å². The number of nitrogens with one attached hydrogen (secondary N) is 1. The first-order valence-corrected chi connectivity index (χ1v) is 7.08. The summed E-state index contributed by atoms with van der Waals surface area (Å²) in [6.07, 6.45) is 1.95. The summed E-state index contributed by atoms with van der Waals surface area (Å²) in [5.41, 5.74) is 4.66. The van der Waals surface area contributed by atoms with Crippen LogP contribution in [0.1, 0.15) is 16.8 Å². The minimum Gasteiger partial charge on any atom is -0.497 e. The summed E-state index contributed by atoms with van der Waals surface area (Å²) < 4.78 is 5.29. The van der Waals surface area contributed by atoms with E-state index in [-0.39, 0.29) is 0 Å². The van der Waals surface area contributed by atoms with Crippen molar-refractivity contribution in [2.75, 3.05) is 26.1 Å². The van der Waals surface area contributed by atoms with Gasteiger partial charge < -0.3 is 15.0 Å². The van der Waals surface area contributed by atoms with Crippen LogP contribution in [0.4, 0.5) is 5.69 Å². The normalized spacial score (nSPS) is 10.5. The smallest absolute Gasteiger partial charge is 0.119 e. The van der Waals surface area contributed by atoms with E-state index < -0.39 is 0 Å². The number of rotatable bonds is 6. The van der Waals surface area contributed by atoms with Crippen molar-refractivity contribution in [1.29, 1.82) is 0 Å². The van der Waals surface area contributed by atoms with Crippen molar-refractivity contribution in [1.82, 2.24) is 10.3 Å². The third kappa shape index (κ3) is 3.95. The SMILES string of the molecule is CNCc1cnc(C)cc1N(C)Cc1cccc(OC)c1. The molecule has 0 amide bonds. The maximum Gasteiger partial charge on any atom is 0.119 e. The Bertz CT molecular complexity index is 598. The summed E-state index contributed by atoms with van der Waals surface area (Å²) in [6.45, 7) is 3.66. The van der Waals surface area contributed by atoms with Crippen molar-refractivity contribution < 1.29 is 4.74 Å². The van der Waals surface area contributed by atoms with Crippen LogP contribution in [0.25, 0.3) is 0 Å². The first-order chi connectivity index (χ1) is 10.1. The lowest BCUT2D eigenvalue weighted by Gasteiger charge is -2.23. The van der Waals surface area contributed by atoms with Gasteiger partial charge in [0.25, 0.3) is 0 Å². The fraction of sp³-hybridized carbons (Fsp3) is 0.353. The van der Waals surface area contributed by atoms with Crippen LogP contribution in [0, 0.1) is 6.92 Å². The standard InChI is InChI=1S/C17H23N3O/c1-13-8-17(15(10-18-2)11-19-13)20(3)12-14-6-5-7-16(9-14)21-4/h5-9,11,18H,10,12H2,1-4H3. The molecule has 0 unspecified atom stereocenters. The summed E-state index contributed by atoms with van der Waals surface area (Å²) >= 11 is 0. The third-order valence-corrected chi connectivity index (χ3v) is 3.43. The molecule has 0 saturated carbocycles. The van der Waals surface area contributed by atoms with E-state index in [1.54, 1.807) is 7.11 Å². The van der Waals surface area contributed by atoms with Gasteiger partial charge in [0, 0.05) is 43.3 Å². The largest absolute Gasteiger partial charge is 0.497 e. The highest BCUT2D eigenvalue weighted by Crippen LogP contribution is 2.22. The van der Waals surface area contributed by atoms with E-state index in [1.807, 2.05) is 32.3 Å². The van der Waals surface area contributed by atoms with E-state index in [0.717, 1.165) is 24.5 Å². The highest BCUT2D eigenvalue weighted by atomic mass is 16.5. The molecule has 112 valence electrons. The molecule has 0 spiro atoms. The Hall–Kier alpha value is -2.07. The average molecular weight is 285 g/mol. The van der Waals surface area contributed by atoms with Gasteiger partial charge in [-0.3, -0.25) is 4.98 Å². The van der Waals surface area contributed by atoms with Gasteiger partial charge in [-0.05, 0) is 37.7 Å². The molecule has 1 heterocycles. The van der Waals surface area contributed by atoms with Gasteiger partial charge in [-0.15, -0.1) is 0 Å². The second-order valence-corrected chi connectivity index (χ2v) is 5.19. The zero-order valence-electron chi connectivity index (χ0n) is 13.2. The minimum atomic E-state index is 0.811. The van der Waals surface area contributed by atoms with Crippen LogP contribution in [-0.4, -0.2) is 26.2 Å². The first-order valence-electron chi connectivity index (χ1n) is 7.08. The molecule has 1 aromatic heterocycles. The number of methoxy groups -OCH3 is 1. The molecule has 0 aliphatic rings. The number of pyridine rings is 1. The Morgan fingerprint density at radius 2 is 2.10 bits per heavy atom. The highest BCUT2D eigenvalue weighted by molar-refractivity contribution is 5.53.